The van der Waals surface area contributed by atoms with Gasteiger partial charge in [0.15, 0.2) is 11.2 Å². The monoisotopic (exact) mass is 882 g/mol. The third kappa shape index (κ3) is 10.3. The third-order valence-electron chi connectivity index (χ3n) is 12.3. The Labute approximate surface area is 369 Å². The fourth-order valence-corrected chi connectivity index (χ4v) is 10.4. The van der Waals surface area contributed by atoms with Gasteiger partial charge in [-0.2, -0.15) is 0 Å². The first-order valence-corrected chi connectivity index (χ1v) is 23.2. The van der Waals surface area contributed by atoms with Gasteiger partial charge in [-0.25, -0.2) is 18.4 Å². The molecule has 2 amide bonds. The van der Waals surface area contributed by atoms with E-state index in [0.717, 1.165) is 63.0 Å². The number of aryl methyl sites for hydroxylation is 2. The third-order valence-corrected chi connectivity index (χ3v) is 14.4. The van der Waals surface area contributed by atoms with Gasteiger partial charge in [0, 0.05) is 87.8 Å². The molecule has 62 heavy (non-hydrogen) atoms. The number of hydrogen-bond acceptors (Lipinski definition) is 10. The molecule has 0 spiro atoms. The predicted molar refractivity (Wildman–Crippen MR) is 236 cm³/mol. The second-order valence-electron chi connectivity index (χ2n) is 16.9. The molecule has 0 bridgehead atoms. The summed E-state index contributed by atoms with van der Waals surface area (Å²) in [5.41, 5.74) is 6.54. The number of ether oxygens (including phenoxy) is 2. The number of hydrogen-bond donors (Lipinski definition) is 2. The molecule has 0 unspecified atom stereocenters. The molecule has 2 aliphatic carbocycles. The van der Waals surface area contributed by atoms with Gasteiger partial charge in [-0.05, 0) is 120 Å². The maximum Gasteiger partial charge on any atom is 0.418 e. The van der Waals surface area contributed by atoms with Crippen LogP contribution in [0.5, 0.6) is 0 Å². The van der Waals surface area contributed by atoms with E-state index in [4.69, 9.17) is 9.47 Å². The lowest BCUT2D eigenvalue weighted by atomic mass is 9.92. The number of carbonyl (C=O) groups excluding carboxylic acids is 4. The number of likely N-dealkylation sites (tertiary alicyclic amines) is 2. The quantitative estimate of drug-likeness (QED) is 0.0985. The van der Waals surface area contributed by atoms with Gasteiger partial charge in [-0.3, -0.25) is 9.59 Å². The van der Waals surface area contributed by atoms with Gasteiger partial charge in [0.25, 0.3) is 11.8 Å². The van der Waals surface area contributed by atoms with Crippen LogP contribution in [-0.4, -0.2) is 97.1 Å². The number of thiophene rings is 2. The van der Waals surface area contributed by atoms with Crippen LogP contribution < -0.4 is 10.6 Å². The largest absolute Gasteiger partial charge is 0.441 e. The van der Waals surface area contributed by atoms with E-state index in [1.807, 2.05) is 24.3 Å². The number of halogens is 2. The SMILES string of the molecule is Cc1csc(C(=C2CCN(CCNC(=O)C3(OC(=O)C(=O)OC4(C(=O)NCCN5CCC(=C(c6ccc(F)cc6)c6cc(C)cs6)CC5)CC4)CC3)CC2)c2ccc(F)cc2)c1. The number of carbonyl (C=O) groups is 4. The molecule has 0 atom stereocenters. The highest BCUT2D eigenvalue weighted by Gasteiger charge is 2.58. The summed E-state index contributed by atoms with van der Waals surface area (Å²) in [4.78, 5) is 59.0. The van der Waals surface area contributed by atoms with Crippen molar-refractivity contribution >= 4 is 57.6 Å². The van der Waals surface area contributed by atoms with E-state index < -0.39 is 35.0 Å². The maximum atomic E-state index is 13.7. The summed E-state index contributed by atoms with van der Waals surface area (Å²) in [7, 11) is 0. The van der Waals surface area contributed by atoms with Crippen LogP contribution in [0.1, 0.15) is 83.4 Å². The molecule has 2 saturated carbocycles. The number of nitrogens with zero attached hydrogens (tertiary/aromatic N) is 2. The maximum absolute atomic E-state index is 13.7. The molecule has 4 aliphatic rings. The summed E-state index contributed by atoms with van der Waals surface area (Å²) in [5.74, 6) is -3.98. The lowest BCUT2D eigenvalue weighted by Gasteiger charge is -2.30. The lowest BCUT2D eigenvalue weighted by molar-refractivity contribution is -0.179. The standard InChI is InChI=1S/C48H52F2N4O6S2/c1-31-27-39(61-29-31)41(33-3-7-37(49)8-4-33)35-11-21-53(22-12-35)25-19-51-45(57)47(15-16-47)59-43(55)44(56)60-48(17-18-48)46(58)52-20-26-54-23-13-36(14-24-54)42(40-28-32(2)30-62-40)34-5-9-38(50)10-6-34/h3-10,27-30H,11-26H2,1-2H3,(H,51,57)(H,52,58). The Bertz CT molecular complexity index is 2190. The second kappa shape index (κ2) is 18.8. The number of rotatable bonds is 14. The normalized spacial score (nSPS) is 18.1. The highest BCUT2D eigenvalue weighted by Crippen LogP contribution is 2.43. The summed E-state index contributed by atoms with van der Waals surface area (Å²) < 4.78 is 38.3. The van der Waals surface area contributed by atoms with Gasteiger partial charge in [0.05, 0.1) is 0 Å². The van der Waals surface area contributed by atoms with Gasteiger partial charge >= 0.3 is 11.9 Å². The highest BCUT2D eigenvalue weighted by molar-refractivity contribution is 7.11. The van der Waals surface area contributed by atoms with Crippen molar-refractivity contribution in [1.82, 2.24) is 20.4 Å². The molecule has 10 nitrogen and oxygen atoms in total. The van der Waals surface area contributed by atoms with Crippen molar-refractivity contribution in [2.24, 2.45) is 0 Å². The fraction of sp³-hybridized carbons (Fsp3) is 0.417. The van der Waals surface area contributed by atoms with Crippen molar-refractivity contribution in [1.29, 1.82) is 0 Å². The molecular weight excluding hydrogens is 831 g/mol. The minimum atomic E-state index is -1.41. The van der Waals surface area contributed by atoms with Crippen LogP contribution in [0.25, 0.3) is 11.1 Å². The minimum absolute atomic E-state index is 0.263. The van der Waals surface area contributed by atoms with Crippen molar-refractivity contribution in [2.75, 3.05) is 52.4 Å². The minimum Gasteiger partial charge on any atom is -0.441 e. The van der Waals surface area contributed by atoms with Crippen molar-refractivity contribution in [3.8, 4) is 0 Å². The number of piperidine rings is 2. The van der Waals surface area contributed by atoms with Crippen molar-refractivity contribution < 1.29 is 37.4 Å². The van der Waals surface area contributed by atoms with E-state index >= 15 is 0 Å². The summed E-state index contributed by atoms with van der Waals surface area (Å²) in [6.45, 7) is 9.26. The van der Waals surface area contributed by atoms with Crippen LogP contribution in [-0.2, 0) is 28.7 Å². The summed E-state index contributed by atoms with van der Waals surface area (Å²) >= 11 is 3.38. The first-order chi connectivity index (χ1) is 29.9. The number of esters is 2. The molecule has 2 N–H and O–H groups in total. The fourth-order valence-electron chi connectivity index (χ4n) is 8.39. The van der Waals surface area contributed by atoms with Crippen LogP contribution in [0.3, 0.4) is 0 Å². The van der Waals surface area contributed by atoms with E-state index in [9.17, 15) is 28.0 Å². The summed E-state index contributed by atoms with van der Waals surface area (Å²) in [6.07, 6.45) is 4.56. The van der Waals surface area contributed by atoms with Crippen molar-refractivity contribution in [2.45, 2.75) is 76.4 Å². The zero-order valence-electron chi connectivity index (χ0n) is 35.2. The zero-order chi connectivity index (χ0) is 43.4. The molecule has 14 heteroatoms. The Morgan fingerprint density at radius 3 is 1.26 bits per heavy atom. The lowest BCUT2D eigenvalue weighted by Crippen LogP contribution is -2.46. The van der Waals surface area contributed by atoms with E-state index in [2.05, 4.69) is 57.2 Å². The summed E-state index contributed by atoms with van der Waals surface area (Å²) in [5, 5.41) is 10.0. The smallest absolute Gasteiger partial charge is 0.418 e. The second-order valence-corrected chi connectivity index (χ2v) is 18.7. The molecule has 4 fully saturated rings. The summed E-state index contributed by atoms with van der Waals surface area (Å²) in [6, 6.07) is 17.7. The molecule has 2 aromatic carbocycles. The Balaban J connectivity index is 0.759. The Kier molecular flexibility index (Phi) is 13.2. The number of amides is 2. The molecule has 0 radical (unpaired) electrons. The van der Waals surface area contributed by atoms with Crippen LogP contribution in [0.4, 0.5) is 8.78 Å². The molecule has 2 aliphatic heterocycles. The molecule has 326 valence electrons. The average Bonchev–Trinajstić information content (AvgIpc) is 4.15. The van der Waals surface area contributed by atoms with E-state index in [-0.39, 0.29) is 11.6 Å². The number of nitrogens with one attached hydrogen (secondary N) is 2. The Morgan fingerprint density at radius 2 is 0.952 bits per heavy atom. The molecule has 2 saturated heterocycles. The first kappa shape index (κ1) is 43.6. The van der Waals surface area contributed by atoms with Crippen LogP contribution in [0.15, 0.2) is 82.6 Å². The molecular formula is C48H52F2N4O6S2. The zero-order valence-corrected chi connectivity index (χ0v) is 36.8. The first-order valence-electron chi connectivity index (χ1n) is 21.4. The van der Waals surface area contributed by atoms with Gasteiger partial charge in [-0.1, -0.05) is 35.4 Å². The van der Waals surface area contributed by atoms with Crippen LogP contribution in [0, 0.1) is 25.5 Å². The van der Waals surface area contributed by atoms with E-state index in [0.29, 0.717) is 51.9 Å². The van der Waals surface area contributed by atoms with Gasteiger partial charge in [-0.15, -0.1) is 22.7 Å². The molecule has 4 aromatic rings. The van der Waals surface area contributed by atoms with Gasteiger partial charge in [0.2, 0.25) is 0 Å². The predicted octanol–water partition coefficient (Wildman–Crippen LogP) is 7.58. The molecule has 8 rings (SSSR count). The van der Waals surface area contributed by atoms with Crippen LogP contribution in [0.2, 0.25) is 0 Å². The Hall–Kier alpha value is -5.02. The van der Waals surface area contributed by atoms with Gasteiger partial charge in [0.1, 0.15) is 11.6 Å². The van der Waals surface area contributed by atoms with E-state index in [1.54, 1.807) is 22.7 Å². The van der Waals surface area contributed by atoms with Crippen LogP contribution >= 0.6 is 22.7 Å². The van der Waals surface area contributed by atoms with E-state index in [1.165, 1.54) is 67.4 Å². The van der Waals surface area contributed by atoms with Crippen molar-refractivity contribution in [3.63, 3.8) is 0 Å². The highest BCUT2D eigenvalue weighted by atomic mass is 32.1. The molecule has 4 heterocycles. The van der Waals surface area contributed by atoms with Gasteiger partial charge < -0.3 is 29.9 Å². The average molecular weight is 883 g/mol. The van der Waals surface area contributed by atoms with Crippen molar-refractivity contribution in [3.05, 3.63) is 126 Å². The number of benzene rings is 2. The molecule has 2 aromatic heterocycles. The Morgan fingerprint density at radius 1 is 0.597 bits per heavy atom. The topological polar surface area (TPSA) is 117 Å².